The molecule has 82 valence electrons. The zero-order valence-electron chi connectivity index (χ0n) is 8.63. The molecule has 0 saturated heterocycles. The summed E-state index contributed by atoms with van der Waals surface area (Å²) in [6, 6.07) is 1.91. The van der Waals surface area contributed by atoms with Crippen LogP contribution in [0, 0.1) is 0 Å². The molecule has 0 atom stereocenters. The molecule has 1 fully saturated rings. The van der Waals surface area contributed by atoms with Gasteiger partial charge < -0.3 is 10.6 Å². The van der Waals surface area contributed by atoms with Gasteiger partial charge in [0.1, 0.15) is 11.6 Å². The van der Waals surface area contributed by atoms with E-state index >= 15 is 0 Å². The molecule has 15 heavy (non-hydrogen) atoms. The number of nitrogens with zero attached hydrogens (tertiary/aromatic N) is 1. The monoisotopic (exact) mass is 209 g/mol. The number of aromatic amines is 1. The van der Waals surface area contributed by atoms with Gasteiger partial charge in [-0.3, -0.25) is 10.4 Å². The molecule has 1 aromatic rings. The molecule has 1 heterocycles. The van der Waals surface area contributed by atoms with Gasteiger partial charge in [0.25, 0.3) is 0 Å². The Labute approximate surface area is 87.8 Å². The first-order valence-corrected chi connectivity index (χ1v) is 5.08. The van der Waals surface area contributed by atoms with Gasteiger partial charge >= 0.3 is 6.03 Å². The molecule has 0 aromatic carbocycles. The molecule has 1 saturated carbocycles. The number of H-pyrrole nitrogens is 1. The van der Waals surface area contributed by atoms with Crippen LogP contribution in [-0.4, -0.2) is 29.3 Å². The molecule has 2 rings (SSSR count). The predicted molar refractivity (Wildman–Crippen MR) is 57.9 cm³/mol. The van der Waals surface area contributed by atoms with E-state index in [1.165, 1.54) is 6.42 Å². The number of nitrogens with one attached hydrogen (secondary N) is 4. The molecule has 0 radical (unpaired) electrons. The maximum atomic E-state index is 11.4. The van der Waals surface area contributed by atoms with Gasteiger partial charge in [-0.1, -0.05) is 0 Å². The lowest BCUT2D eigenvalue weighted by Crippen LogP contribution is -2.41. The molecular formula is C9H15N5O. The minimum Gasteiger partial charge on any atom is -0.372 e. The first-order valence-electron chi connectivity index (χ1n) is 5.08. The van der Waals surface area contributed by atoms with Crippen LogP contribution < -0.4 is 16.0 Å². The second-order valence-electron chi connectivity index (χ2n) is 3.64. The molecule has 1 aromatic heterocycles. The summed E-state index contributed by atoms with van der Waals surface area (Å²) in [6.45, 7) is 0. The number of aromatic nitrogens is 2. The lowest BCUT2D eigenvalue weighted by atomic mass is 9.93. The second-order valence-corrected chi connectivity index (χ2v) is 3.64. The van der Waals surface area contributed by atoms with Gasteiger partial charge in [0, 0.05) is 19.2 Å². The van der Waals surface area contributed by atoms with Crippen molar-refractivity contribution < 1.29 is 4.79 Å². The van der Waals surface area contributed by atoms with Crippen LogP contribution in [0.1, 0.15) is 19.3 Å². The Hall–Kier alpha value is -1.72. The fourth-order valence-corrected chi connectivity index (χ4v) is 1.41. The van der Waals surface area contributed by atoms with E-state index in [9.17, 15) is 4.79 Å². The number of anilines is 2. The highest BCUT2D eigenvalue weighted by atomic mass is 16.2. The fraction of sp³-hybridized carbons (Fsp3) is 0.556. The quantitative estimate of drug-likeness (QED) is 0.602. The minimum atomic E-state index is -0.175. The molecular weight excluding hydrogens is 194 g/mol. The van der Waals surface area contributed by atoms with Crippen LogP contribution in [0.25, 0.3) is 0 Å². The normalized spacial score (nSPS) is 15.5. The van der Waals surface area contributed by atoms with Crippen molar-refractivity contribution in [2.75, 3.05) is 17.7 Å². The molecule has 1 aliphatic rings. The van der Waals surface area contributed by atoms with Crippen molar-refractivity contribution in [1.82, 2.24) is 15.5 Å². The molecule has 0 bridgehead atoms. The summed E-state index contributed by atoms with van der Waals surface area (Å²) in [5.74, 6) is 1.30. The summed E-state index contributed by atoms with van der Waals surface area (Å²) < 4.78 is 0. The second kappa shape index (κ2) is 4.20. The highest BCUT2D eigenvalue weighted by Gasteiger charge is 2.19. The first kappa shape index (κ1) is 9.82. The summed E-state index contributed by atoms with van der Waals surface area (Å²) in [6.07, 6.45) is 3.37. The molecule has 4 N–H and O–H groups in total. The Morgan fingerprint density at radius 3 is 2.93 bits per heavy atom. The number of urea groups is 1. The molecule has 1 aliphatic carbocycles. The summed E-state index contributed by atoms with van der Waals surface area (Å²) >= 11 is 0. The molecule has 0 unspecified atom stereocenters. The van der Waals surface area contributed by atoms with Crippen LogP contribution in [0.4, 0.5) is 16.4 Å². The number of rotatable bonds is 3. The molecule has 0 aliphatic heterocycles. The minimum absolute atomic E-state index is 0.175. The third-order valence-electron chi connectivity index (χ3n) is 2.52. The van der Waals surface area contributed by atoms with Crippen LogP contribution in [-0.2, 0) is 0 Å². The van der Waals surface area contributed by atoms with Crippen molar-refractivity contribution in [3.8, 4) is 0 Å². The van der Waals surface area contributed by atoms with E-state index in [4.69, 9.17) is 0 Å². The van der Waals surface area contributed by atoms with Crippen LogP contribution >= 0.6 is 0 Å². The highest BCUT2D eigenvalue weighted by Crippen LogP contribution is 2.18. The first-order chi connectivity index (χ1) is 7.28. The molecule has 6 heteroatoms. The van der Waals surface area contributed by atoms with Crippen LogP contribution in [0.3, 0.4) is 0 Å². The highest BCUT2D eigenvalue weighted by molar-refractivity contribution is 5.88. The Morgan fingerprint density at radius 1 is 1.60 bits per heavy atom. The summed E-state index contributed by atoms with van der Waals surface area (Å²) in [7, 11) is 1.77. The van der Waals surface area contributed by atoms with E-state index < -0.39 is 0 Å². The average molecular weight is 209 g/mol. The zero-order valence-corrected chi connectivity index (χ0v) is 8.63. The van der Waals surface area contributed by atoms with Crippen LogP contribution in [0.15, 0.2) is 6.07 Å². The Morgan fingerprint density at radius 2 is 2.40 bits per heavy atom. The number of carbonyl (C=O) groups is 1. The van der Waals surface area contributed by atoms with E-state index in [0.717, 1.165) is 12.8 Å². The van der Waals surface area contributed by atoms with Crippen molar-refractivity contribution >= 4 is 17.7 Å². The average Bonchev–Trinajstić information content (AvgIpc) is 2.59. The van der Waals surface area contributed by atoms with Gasteiger partial charge in [0.05, 0.1) is 0 Å². The van der Waals surface area contributed by atoms with E-state index in [1.807, 2.05) is 0 Å². The predicted octanol–water partition coefficient (Wildman–Crippen LogP) is 1.13. The topological polar surface area (TPSA) is 81.8 Å². The van der Waals surface area contributed by atoms with Crippen molar-refractivity contribution in [3.05, 3.63) is 6.07 Å². The number of amides is 2. The molecule has 2 amide bonds. The van der Waals surface area contributed by atoms with Gasteiger partial charge in [0.15, 0.2) is 0 Å². The van der Waals surface area contributed by atoms with E-state index in [2.05, 4.69) is 26.1 Å². The van der Waals surface area contributed by atoms with E-state index in [-0.39, 0.29) is 6.03 Å². The Balaban J connectivity index is 1.82. The van der Waals surface area contributed by atoms with Crippen molar-refractivity contribution in [3.63, 3.8) is 0 Å². The van der Waals surface area contributed by atoms with Crippen LogP contribution in [0.5, 0.6) is 0 Å². The van der Waals surface area contributed by atoms with Crippen molar-refractivity contribution in [2.24, 2.45) is 0 Å². The van der Waals surface area contributed by atoms with E-state index in [1.54, 1.807) is 13.1 Å². The largest absolute Gasteiger partial charge is 0.372 e. The van der Waals surface area contributed by atoms with Gasteiger partial charge in [0.2, 0.25) is 0 Å². The maximum Gasteiger partial charge on any atom is 0.320 e. The Bertz CT molecular complexity index is 344. The Kier molecular flexibility index (Phi) is 2.75. The third kappa shape index (κ3) is 2.39. The molecule has 0 spiro atoms. The lowest BCUT2D eigenvalue weighted by Gasteiger charge is -2.26. The summed E-state index contributed by atoms with van der Waals surface area (Å²) in [4.78, 5) is 11.4. The number of hydrogen-bond donors (Lipinski definition) is 4. The van der Waals surface area contributed by atoms with Crippen molar-refractivity contribution in [2.45, 2.75) is 25.3 Å². The van der Waals surface area contributed by atoms with E-state index in [0.29, 0.717) is 17.7 Å². The standard InChI is InChI=1S/C9H15N5O/c1-10-7-5-8(14-13-7)12-9(15)11-6-3-2-4-6/h5-6H,2-4H2,1H3,(H4,10,11,12,13,14,15). The van der Waals surface area contributed by atoms with Crippen LogP contribution in [0.2, 0.25) is 0 Å². The maximum absolute atomic E-state index is 11.4. The zero-order chi connectivity index (χ0) is 10.7. The summed E-state index contributed by atoms with van der Waals surface area (Å²) in [5.41, 5.74) is 0. The lowest BCUT2D eigenvalue weighted by molar-refractivity contribution is 0.240. The number of carbonyl (C=O) groups excluding carboxylic acids is 1. The van der Waals surface area contributed by atoms with Gasteiger partial charge in [-0.2, -0.15) is 5.10 Å². The third-order valence-corrected chi connectivity index (χ3v) is 2.52. The smallest absolute Gasteiger partial charge is 0.320 e. The fourth-order valence-electron chi connectivity index (χ4n) is 1.41. The summed E-state index contributed by atoms with van der Waals surface area (Å²) in [5, 5.41) is 15.1. The van der Waals surface area contributed by atoms with Gasteiger partial charge in [-0.25, -0.2) is 4.79 Å². The van der Waals surface area contributed by atoms with Crippen molar-refractivity contribution in [1.29, 1.82) is 0 Å². The molecule has 6 nitrogen and oxygen atoms in total. The number of hydrogen-bond acceptors (Lipinski definition) is 3. The van der Waals surface area contributed by atoms with Gasteiger partial charge in [-0.15, -0.1) is 0 Å². The SMILES string of the molecule is CNc1cc(NC(=O)NC2CCC2)[nH]n1. The van der Waals surface area contributed by atoms with Gasteiger partial charge in [-0.05, 0) is 19.3 Å².